The lowest BCUT2D eigenvalue weighted by atomic mass is 10.3. The first kappa shape index (κ1) is 11.4. The zero-order valence-electron chi connectivity index (χ0n) is 9.60. The maximum absolute atomic E-state index is 4.35. The average molecular weight is 204 g/mol. The van der Waals surface area contributed by atoms with Crippen LogP contribution in [-0.4, -0.2) is 21.2 Å². The summed E-state index contributed by atoms with van der Waals surface area (Å²) in [5, 5.41) is 7.87. The maximum atomic E-state index is 4.35. The van der Waals surface area contributed by atoms with Gasteiger partial charge in [0, 0.05) is 13.3 Å². The molecule has 0 N–H and O–H groups in total. The highest BCUT2D eigenvalue weighted by atomic mass is 15.4. The average Bonchev–Trinajstić information content (AvgIpc) is 2.65. The van der Waals surface area contributed by atoms with Gasteiger partial charge in [0.15, 0.2) is 0 Å². The lowest BCUT2D eigenvalue weighted by molar-refractivity contribution is 0.714. The monoisotopic (exact) mass is 204 g/mol. The van der Waals surface area contributed by atoms with Crippen molar-refractivity contribution in [3.05, 3.63) is 29.6 Å². The highest BCUT2D eigenvalue weighted by Gasteiger charge is 2.02. The molecule has 4 heteroatoms. The Labute approximate surface area is 90.0 Å². The zero-order chi connectivity index (χ0) is 11.3. The van der Waals surface area contributed by atoms with Crippen molar-refractivity contribution in [1.82, 2.24) is 15.0 Å². The smallest absolute Gasteiger partial charge is 0.131 e. The molecule has 0 fully saturated rings. The van der Waals surface area contributed by atoms with Crippen molar-refractivity contribution in [1.29, 1.82) is 0 Å². The molecule has 0 aliphatic heterocycles. The first-order valence-electron chi connectivity index (χ1n) is 4.87. The van der Waals surface area contributed by atoms with Gasteiger partial charge in [0.2, 0.25) is 0 Å². The van der Waals surface area contributed by atoms with E-state index in [1.54, 1.807) is 4.68 Å². The Bertz CT molecular complexity index is 410. The SMILES string of the molecule is C\C=C(C)/C=N\C(=C/C)c1cn(C)nn1. The number of aromatic nitrogens is 3. The summed E-state index contributed by atoms with van der Waals surface area (Å²) in [5.41, 5.74) is 2.75. The van der Waals surface area contributed by atoms with Crippen LogP contribution >= 0.6 is 0 Å². The third-order valence-electron chi connectivity index (χ3n) is 2.00. The number of hydrogen-bond acceptors (Lipinski definition) is 3. The van der Waals surface area contributed by atoms with Gasteiger partial charge in [-0.2, -0.15) is 0 Å². The normalized spacial score (nSPS) is 13.9. The van der Waals surface area contributed by atoms with Gasteiger partial charge in [-0.05, 0) is 26.3 Å². The minimum Gasteiger partial charge on any atom is -0.255 e. The standard InChI is InChI=1S/C11H16N4/c1-5-9(3)7-12-10(6-2)11-8-15(4)14-13-11/h5-8H,1-4H3/b9-5-,10-6-,12-7-. The molecule has 1 aromatic heterocycles. The van der Waals surface area contributed by atoms with Gasteiger partial charge in [-0.1, -0.05) is 17.4 Å². The third kappa shape index (κ3) is 3.16. The van der Waals surface area contributed by atoms with Gasteiger partial charge >= 0.3 is 0 Å². The minimum absolute atomic E-state index is 0.792. The van der Waals surface area contributed by atoms with E-state index in [-0.39, 0.29) is 0 Å². The number of allylic oxidation sites excluding steroid dienone is 3. The second-order valence-corrected chi connectivity index (χ2v) is 3.24. The van der Waals surface area contributed by atoms with Crippen LogP contribution in [0.1, 0.15) is 26.5 Å². The van der Waals surface area contributed by atoms with Gasteiger partial charge in [0.25, 0.3) is 0 Å². The molecule has 0 bridgehead atoms. The highest BCUT2D eigenvalue weighted by molar-refractivity contribution is 5.83. The van der Waals surface area contributed by atoms with E-state index in [1.807, 2.05) is 52.4 Å². The van der Waals surface area contributed by atoms with E-state index >= 15 is 0 Å². The topological polar surface area (TPSA) is 43.1 Å². The van der Waals surface area contributed by atoms with Crippen LogP contribution in [0.15, 0.2) is 28.9 Å². The summed E-state index contributed by atoms with van der Waals surface area (Å²) in [6.07, 6.45) is 7.60. The van der Waals surface area contributed by atoms with Gasteiger partial charge in [0.05, 0.1) is 11.9 Å². The molecule has 0 saturated carbocycles. The number of rotatable bonds is 3. The number of aliphatic imine (C=N–C) groups is 1. The summed E-state index contributed by atoms with van der Waals surface area (Å²) in [4.78, 5) is 4.35. The predicted octanol–water partition coefficient (Wildman–Crippen LogP) is 2.21. The molecule has 0 radical (unpaired) electrons. The van der Waals surface area contributed by atoms with Crippen LogP contribution in [0.5, 0.6) is 0 Å². The Morgan fingerprint density at radius 2 is 2.13 bits per heavy atom. The number of aryl methyl sites for hydroxylation is 1. The molecule has 15 heavy (non-hydrogen) atoms. The van der Waals surface area contributed by atoms with Crippen molar-refractivity contribution in [2.45, 2.75) is 20.8 Å². The summed E-state index contributed by atoms with van der Waals surface area (Å²) in [6, 6.07) is 0. The van der Waals surface area contributed by atoms with Crippen molar-refractivity contribution in [2.24, 2.45) is 12.0 Å². The molecule has 0 unspecified atom stereocenters. The van der Waals surface area contributed by atoms with Gasteiger partial charge in [-0.3, -0.25) is 9.67 Å². The minimum atomic E-state index is 0.792. The van der Waals surface area contributed by atoms with E-state index in [2.05, 4.69) is 15.3 Å². The fraction of sp³-hybridized carbons (Fsp3) is 0.364. The Kier molecular flexibility index (Phi) is 3.97. The molecular formula is C11H16N4. The third-order valence-corrected chi connectivity index (χ3v) is 2.00. The Balaban J connectivity index is 2.88. The van der Waals surface area contributed by atoms with Crippen LogP contribution in [0.25, 0.3) is 5.70 Å². The van der Waals surface area contributed by atoms with Crippen LogP contribution in [0.2, 0.25) is 0 Å². The first-order chi connectivity index (χ1) is 7.17. The molecule has 4 nitrogen and oxygen atoms in total. The molecule has 0 atom stereocenters. The summed E-state index contributed by atoms with van der Waals surface area (Å²) >= 11 is 0. The van der Waals surface area contributed by atoms with Crippen LogP contribution in [0.4, 0.5) is 0 Å². The molecule has 1 aromatic rings. The van der Waals surface area contributed by atoms with E-state index in [1.165, 1.54) is 0 Å². The molecule has 0 aliphatic rings. The fourth-order valence-electron chi connectivity index (χ4n) is 0.999. The lowest BCUT2D eigenvalue weighted by Gasteiger charge is -1.94. The Morgan fingerprint density at radius 1 is 1.40 bits per heavy atom. The second-order valence-electron chi connectivity index (χ2n) is 3.24. The van der Waals surface area contributed by atoms with Crippen molar-refractivity contribution in [2.75, 3.05) is 0 Å². The fourth-order valence-corrected chi connectivity index (χ4v) is 0.999. The van der Waals surface area contributed by atoms with E-state index in [4.69, 9.17) is 0 Å². The van der Waals surface area contributed by atoms with Crippen molar-refractivity contribution in [3.8, 4) is 0 Å². The quantitative estimate of drug-likeness (QED) is 0.708. The molecule has 1 rings (SSSR count). The van der Waals surface area contributed by atoms with Crippen LogP contribution in [0, 0.1) is 0 Å². The largest absolute Gasteiger partial charge is 0.255 e. The van der Waals surface area contributed by atoms with Gasteiger partial charge < -0.3 is 0 Å². The van der Waals surface area contributed by atoms with Crippen molar-refractivity contribution >= 4 is 11.9 Å². The van der Waals surface area contributed by atoms with E-state index < -0.39 is 0 Å². The van der Waals surface area contributed by atoms with Gasteiger partial charge in [0.1, 0.15) is 5.69 Å². The lowest BCUT2D eigenvalue weighted by Crippen LogP contribution is -1.85. The number of nitrogens with zero attached hydrogens (tertiary/aromatic N) is 4. The van der Waals surface area contributed by atoms with Crippen LogP contribution in [0.3, 0.4) is 0 Å². The van der Waals surface area contributed by atoms with Crippen molar-refractivity contribution < 1.29 is 0 Å². The highest BCUT2D eigenvalue weighted by Crippen LogP contribution is 2.11. The van der Waals surface area contributed by atoms with E-state index in [0.29, 0.717) is 0 Å². The Hall–Kier alpha value is -1.71. The molecule has 0 aliphatic carbocycles. The zero-order valence-corrected chi connectivity index (χ0v) is 9.60. The molecule has 1 heterocycles. The molecule has 0 saturated heterocycles. The van der Waals surface area contributed by atoms with E-state index in [0.717, 1.165) is 17.0 Å². The summed E-state index contributed by atoms with van der Waals surface area (Å²) in [7, 11) is 1.84. The first-order valence-corrected chi connectivity index (χ1v) is 4.87. The van der Waals surface area contributed by atoms with Crippen molar-refractivity contribution in [3.63, 3.8) is 0 Å². The molecular weight excluding hydrogens is 188 g/mol. The maximum Gasteiger partial charge on any atom is 0.131 e. The van der Waals surface area contributed by atoms with E-state index in [9.17, 15) is 0 Å². The van der Waals surface area contributed by atoms with Crippen LogP contribution < -0.4 is 0 Å². The van der Waals surface area contributed by atoms with Gasteiger partial charge in [-0.25, -0.2) is 0 Å². The molecule has 0 amide bonds. The number of hydrogen-bond donors (Lipinski definition) is 0. The summed E-state index contributed by atoms with van der Waals surface area (Å²) in [5.74, 6) is 0. The molecule has 0 aromatic carbocycles. The van der Waals surface area contributed by atoms with Crippen LogP contribution in [-0.2, 0) is 7.05 Å². The summed E-state index contributed by atoms with van der Waals surface area (Å²) in [6.45, 7) is 5.93. The predicted molar refractivity (Wildman–Crippen MR) is 62.6 cm³/mol. The Morgan fingerprint density at radius 3 is 2.60 bits per heavy atom. The summed E-state index contributed by atoms with van der Waals surface area (Å²) < 4.78 is 1.66. The molecule has 80 valence electrons. The van der Waals surface area contributed by atoms with Gasteiger partial charge in [-0.15, -0.1) is 5.10 Å². The molecule has 0 spiro atoms. The second kappa shape index (κ2) is 5.24.